The molecule has 2 unspecified atom stereocenters. The Morgan fingerprint density at radius 2 is 0.967 bits per heavy atom. The number of piperazine rings is 2. The smallest absolute Gasteiger partial charge is 0.352 e. The normalized spacial score (nSPS) is 19.0. The largest absolute Gasteiger partial charge is 0.494 e. The van der Waals surface area contributed by atoms with Crippen LogP contribution in [-0.2, 0) is 65.6 Å². The molecule has 3 fully saturated rings. The van der Waals surface area contributed by atoms with Crippen molar-refractivity contribution >= 4 is 117 Å². The van der Waals surface area contributed by atoms with Crippen molar-refractivity contribution in [2.75, 3.05) is 115 Å². The molecule has 0 radical (unpaired) electrons. The number of fused-ring (bicyclic) bond motifs is 2. The van der Waals surface area contributed by atoms with Gasteiger partial charge in [0.1, 0.15) is 36.2 Å². The summed E-state index contributed by atoms with van der Waals surface area (Å²) < 4.78 is 12.0. The van der Waals surface area contributed by atoms with Crippen LogP contribution in [0.1, 0.15) is 85.5 Å². The minimum Gasteiger partial charge on any atom is -0.494 e. The van der Waals surface area contributed by atoms with Crippen LogP contribution in [0.15, 0.2) is 97.1 Å². The van der Waals surface area contributed by atoms with Gasteiger partial charge in [0, 0.05) is 134 Å². The molecule has 7 amide bonds. The number of hydroxylamine groups is 2. The van der Waals surface area contributed by atoms with Crippen LogP contribution in [0, 0.1) is 0 Å². The van der Waals surface area contributed by atoms with Crippen molar-refractivity contribution in [1.29, 1.82) is 0 Å². The molecule has 0 aromatic heterocycles. The van der Waals surface area contributed by atoms with Gasteiger partial charge in [-0.2, -0.15) is 0 Å². The zero-order chi connectivity index (χ0) is 65.4. The molecule has 4 aromatic carbocycles. The van der Waals surface area contributed by atoms with Crippen LogP contribution >= 0.6 is 46.4 Å². The highest BCUT2D eigenvalue weighted by molar-refractivity contribution is 6.44. The molecule has 5 aliphatic heterocycles. The summed E-state index contributed by atoms with van der Waals surface area (Å²) in [6.45, 7) is 10.8. The Balaban J connectivity index is 0.000000176. The monoisotopic (exact) mass is 1340 g/mol. The summed E-state index contributed by atoms with van der Waals surface area (Å²) in [6, 6.07) is 23.5. The first-order valence-corrected chi connectivity index (χ1v) is 32.3. The van der Waals surface area contributed by atoms with Crippen LogP contribution < -0.4 is 30.3 Å². The van der Waals surface area contributed by atoms with Crippen molar-refractivity contribution < 1.29 is 62.3 Å². The van der Waals surface area contributed by atoms with E-state index >= 15 is 0 Å². The number of carbonyl (C=O) groups excluding carboxylic acids is 10. The molecular weight excluding hydrogens is 1270 g/mol. The number of unbranched alkanes of at least 4 members (excludes halogenated alkanes) is 2. The van der Waals surface area contributed by atoms with E-state index in [9.17, 15) is 47.9 Å². The lowest BCUT2D eigenvalue weighted by atomic mass is 9.82. The highest BCUT2D eigenvalue weighted by atomic mass is 35.5. The van der Waals surface area contributed by atoms with E-state index in [1.54, 1.807) is 6.07 Å². The first-order valence-electron chi connectivity index (χ1n) is 30.8. The van der Waals surface area contributed by atoms with Crippen LogP contribution in [0.3, 0.4) is 0 Å². The number of nitrogens with two attached hydrogens (primary N) is 1. The highest BCUT2D eigenvalue weighted by Crippen LogP contribution is 2.36. The summed E-state index contributed by atoms with van der Waals surface area (Å²) in [5.74, 6) is -3.06. The number of ether oxygens (including phenoxy) is 2. The quantitative estimate of drug-likeness (QED) is 0.0615. The molecule has 5 heterocycles. The van der Waals surface area contributed by atoms with Crippen molar-refractivity contribution in [2.45, 2.75) is 76.0 Å². The standard InChI is InChI=1S/C31H34Cl2N4O5.C25H31Cl2N3O2.C10H8N2O6/c32-26-4-3-5-27(31(26)33)36-13-11-35(12-14-36)10-1-2-15-42-24-6-7-25-21(18-24)16-23(38)17-22(25)19-34-28(39)20-37-29(40)8-9-30(37)41;26-23-4-3-5-24(25(23)27)30-11-9-29(10-12-30)8-1-2-13-32-21-6-7-22-18(16-21)14-20(31)15-19(22)17-28;13-6-1-2-7(14)11(6)5-10(17)18-12-8(15)3-4-9(12)16/h3-9,18,22H,1-2,10-17,19-20H2,(H,34,39);3-7,16,19H,1-2,8-15,17,28H2;1-2H,3-5H2. The summed E-state index contributed by atoms with van der Waals surface area (Å²) >= 11 is 25.1. The molecule has 22 nitrogen and oxygen atoms in total. The number of ketones is 2. The molecule has 7 aliphatic rings. The van der Waals surface area contributed by atoms with Crippen molar-refractivity contribution in [1.82, 2.24) is 30.0 Å². The molecule has 488 valence electrons. The summed E-state index contributed by atoms with van der Waals surface area (Å²) in [6.07, 6.45) is 10.0. The number of rotatable bonds is 22. The number of carbonyl (C=O) groups is 10. The van der Waals surface area contributed by atoms with Gasteiger partial charge in [0.15, 0.2) is 0 Å². The minimum atomic E-state index is -1.02. The van der Waals surface area contributed by atoms with E-state index in [4.69, 9.17) is 61.6 Å². The summed E-state index contributed by atoms with van der Waals surface area (Å²) in [4.78, 5) is 132. The molecule has 2 atom stereocenters. The maximum atomic E-state index is 12.5. The second kappa shape index (κ2) is 32.7. The van der Waals surface area contributed by atoms with Crippen molar-refractivity contribution in [3.8, 4) is 11.5 Å². The Morgan fingerprint density at radius 3 is 1.42 bits per heavy atom. The fraction of sp³-hybridized carbons (Fsp3) is 0.424. The second-order valence-electron chi connectivity index (χ2n) is 23.1. The van der Waals surface area contributed by atoms with E-state index in [2.05, 4.69) is 35.8 Å². The molecule has 4 aromatic rings. The Kier molecular flexibility index (Phi) is 24.4. The average Bonchev–Trinajstić information content (AvgIpc) is 1.73. The van der Waals surface area contributed by atoms with Crippen molar-refractivity contribution in [3.63, 3.8) is 0 Å². The van der Waals surface area contributed by atoms with Gasteiger partial charge in [-0.05, 0) is 116 Å². The molecule has 2 aliphatic carbocycles. The molecule has 0 saturated carbocycles. The summed E-state index contributed by atoms with van der Waals surface area (Å²) in [7, 11) is 0. The molecule has 26 heteroatoms. The number of nitrogens with one attached hydrogen (secondary N) is 1. The Morgan fingerprint density at radius 1 is 0.533 bits per heavy atom. The van der Waals surface area contributed by atoms with E-state index in [1.807, 2.05) is 60.7 Å². The van der Waals surface area contributed by atoms with Gasteiger partial charge >= 0.3 is 5.97 Å². The Bertz CT molecular complexity index is 3460. The predicted octanol–water partition coefficient (Wildman–Crippen LogP) is 6.67. The summed E-state index contributed by atoms with van der Waals surface area (Å²) in [5.41, 5.74) is 12.1. The van der Waals surface area contributed by atoms with Gasteiger partial charge in [0.25, 0.3) is 35.4 Å². The van der Waals surface area contributed by atoms with E-state index in [0.717, 1.165) is 160 Å². The Hall–Kier alpha value is -7.70. The third-order valence-electron chi connectivity index (χ3n) is 16.8. The van der Waals surface area contributed by atoms with Crippen molar-refractivity contribution in [2.24, 2.45) is 5.73 Å². The molecule has 0 spiro atoms. The number of anilines is 2. The van der Waals surface area contributed by atoms with E-state index < -0.39 is 53.9 Å². The zero-order valence-corrected chi connectivity index (χ0v) is 53.8. The SMILES string of the molecule is NCC1CC(=O)Cc2cc(OCCCCN3CCN(c4cccc(Cl)c4Cl)CC3)ccc21.O=C(CN1C(=O)C=CC1=O)ON1C(=O)CCC1=O.O=C1Cc2cc(OCCCCN3CCN(c4cccc(Cl)c4Cl)CC3)ccc2C(CNC(=O)CN2C(=O)C=CC2=O)C1. The van der Waals surface area contributed by atoms with Gasteiger partial charge in [-0.25, -0.2) is 4.79 Å². The van der Waals surface area contributed by atoms with Crippen LogP contribution in [0.25, 0.3) is 0 Å². The number of imide groups is 3. The van der Waals surface area contributed by atoms with Crippen LogP contribution in [0.5, 0.6) is 11.5 Å². The van der Waals surface area contributed by atoms with E-state index in [0.29, 0.717) is 75.5 Å². The fourth-order valence-electron chi connectivity index (χ4n) is 11.9. The number of hydrogen-bond donors (Lipinski definition) is 2. The molecule has 3 saturated heterocycles. The third kappa shape index (κ3) is 18.3. The molecule has 92 heavy (non-hydrogen) atoms. The molecule has 3 N–H and O–H groups in total. The Labute approximate surface area is 553 Å². The van der Waals surface area contributed by atoms with Gasteiger partial charge < -0.3 is 35.2 Å². The maximum Gasteiger partial charge on any atom is 0.352 e. The summed E-state index contributed by atoms with van der Waals surface area (Å²) in [5, 5.41) is 5.58. The molecular formula is C66H73Cl4N9O13. The first kappa shape index (κ1) is 68.7. The number of halogens is 4. The highest BCUT2D eigenvalue weighted by Gasteiger charge is 2.35. The number of hydrogen-bond acceptors (Lipinski definition) is 18. The fourth-order valence-corrected chi connectivity index (χ4v) is 12.7. The van der Waals surface area contributed by atoms with Gasteiger partial charge in [-0.15, -0.1) is 5.06 Å². The number of Topliss-reactive ketones (excluding diaryl/α,β-unsaturated/α-hetero) is 2. The average molecular weight is 1340 g/mol. The van der Waals surface area contributed by atoms with Crippen LogP contribution in [0.4, 0.5) is 11.4 Å². The topological polar surface area (TPSA) is 259 Å². The lowest BCUT2D eigenvalue weighted by molar-refractivity contribution is -0.198. The van der Waals surface area contributed by atoms with Gasteiger partial charge in [0.05, 0.1) is 44.7 Å². The van der Waals surface area contributed by atoms with E-state index in [1.165, 1.54) is 5.56 Å². The van der Waals surface area contributed by atoms with Gasteiger partial charge in [-0.1, -0.05) is 70.7 Å². The van der Waals surface area contributed by atoms with Crippen LogP contribution in [0.2, 0.25) is 20.1 Å². The third-order valence-corrected chi connectivity index (χ3v) is 18.4. The number of nitrogens with zero attached hydrogens (tertiary/aromatic N) is 7. The maximum absolute atomic E-state index is 12.5. The zero-order valence-electron chi connectivity index (χ0n) is 50.8. The minimum absolute atomic E-state index is 0.0186. The second-order valence-corrected chi connectivity index (χ2v) is 24.7. The number of benzene rings is 4. The van der Waals surface area contributed by atoms with Gasteiger partial charge in [-0.3, -0.25) is 62.8 Å². The number of amides is 7. The van der Waals surface area contributed by atoms with Crippen molar-refractivity contribution in [3.05, 3.63) is 139 Å². The van der Waals surface area contributed by atoms with Gasteiger partial charge in [0.2, 0.25) is 5.91 Å². The lowest BCUT2D eigenvalue weighted by Gasteiger charge is -2.36. The predicted molar refractivity (Wildman–Crippen MR) is 346 cm³/mol. The first-order chi connectivity index (χ1) is 44.3. The van der Waals surface area contributed by atoms with E-state index in [-0.39, 0.29) is 49.3 Å². The van der Waals surface area contributed by atoms with Crippen LogP contribution in [-0.4, -0.2) is 188 Å². The molecule has 0 bridgehead atoms. The lowest BCUT2D eigenvalue weighted by Crippen LogP contribution is -2.46. The molecule has 11 rings (SSSR count).